The number of thiophene rings is 1. The summed E-state index contributed by atoms with van der Waals surface area (Å²) in [5.74, 6) is 1.51. The Bertz CT molecular complexity index is 585. The third-order valence-electron chi connectivity index (χ3n) is 2.94. The highest BCUT2D eigenvalue weighted by Crippen LogP contribution is 2.27. The van der Waals surface area contributed by atoms with Crippen molar-refractivity contribution < 1.29 is 4.74 Å². The smallest absolute Gasteiger partial charge is 0.124 e. The predicted molar refractivity (Wildman–Crippen MR) is 94.3 cm³/mol. The molecule has 2 aromatic rings. The summed E-state index contributed by atoms with van der Waals surface area (Å²) in [5.41, 5.74) is 1.09. The molecule has 0 atom stereocenters. The van der Waals surface area contributed by atoms with Gasteiger partial charge in [-0.1, -0.05) is 25.4 Å². The van der Waals surface area contributed by atoms with Crippen molar-refractivity contribution in [2.75, 3.05) is 6.54 Å². The summed E-state index contributed by atoms with van der Waals surface area (Å²) in [4.78, 5) is 1.19. The normalized spacial score (nSPS) is 11.1. The minimum absolute atomic E-state index is 0.567. The van der Waals surface area contributed by atoms with Gasteiger partial charge in [0.1, 0.15) is 12.4 Å². The molecule has 2 nitrogen and oxygen atoms in total. The molecule has 0 aliphatic rings. The lowest BCUT2D eigenvalue weighted by Gasteiger charge is -2.13. The fourth-order valence-electron chi connectivity index (χ4n) is 1.89. The molecule has 0 unspecified atom stereocenters. The molecular formula is C16H19BrClNOS. The Hall–Kier alpha value is -0.550. The minimum atomic E-state index is 0.567. The summed E-state index contributed by atoms with van der Waals surface area (Å²) in [6.07, 6.45) is 0. The van der Waals surface area contributed by atoms with Crippen molar-refractivity contribution in [3.05, 3.63) is 49.6 Å². The van der Waals surface area contributed by atoms with Crippen LogP contribution in [0.15, 0.2) is 34.1 Å². The molecule has 1 aromatic carbocycles. The van der Waals surface area contributed by atoms with Crippen LogP contribution in [-0.2, 0) is 13.2 Å². The lowest BCUT2D eigenvalue weighted by Crippen LogP contribution is -2.19. The van der Waals surface area contributed by atoms with Crippen molar-refractivity contribution in [1.29, 1.82) is 0 Å². The maximum absolute atomic E-state index is 6.09. The zero-order valence-electron chi connectivity index (χ0n) is 12.2. The molecule has 0 fully saturated rings. The molecule has 21 heavy (non-hydrogen) atoms. The van der Waals surface area contributed by atoms with E-state index in [9.17, 15) is 0 Å². The monoisotopic (exact) mass is 387 g/mol. The lowest BCUT2D eigenvalue weighted by molar-refractivity contribution is 0.305. The van der Waals surface area contributed by atoms with E-state index in [4.69, 9.17) is 16.3 Å². The number of halogens is 2. The average molecular weight is 389 g/mol. The highest BCUT2D eigenvalue weighted by Gasteiger charge is 2.08. The molecule has 5 heteroatoms. The van der Waals surface area contributed by atoms with E-state index >= 15 is 0 Å². The van der Waals surface area contributed by atoms with Gasteiger partial charge in [-0.15, -0.1) is 11.3 Å². The second-order valence-electron chi connectivity index (χ2n) is 5.26. The summed E-state index contributed by atoms with van der Waals surface area (Å²) in [6.45, 7) is 6.69. The van der Waals surface area contributed by atoms with Crippen LogP contribution in [0.1, 0.15) is 24.3 Å². The van der Waals surface area contributed by atoms with Crippen LogP contribution < -0.4 is 10.1 Å². The highest BCUT2D eigenvalue weighted by molar-refractivity contribution is 9.10. The first-order valence-electron chi connectivity index (χ1n) is 6.90. The second kappa shape index (κ2) is 8.18. The van der Waals surface area contributed by atoms with Crippen molar-refractivity contribution in [3.63, 3.8) is 0 Å². The van der Waals surface area contributed by atoms with Crippen LogP contribution in [0.2, 0.25) is 5.02 Å². The Balaban J connectivity index is 2.02. The molecule has 0 bridgehead atoms. The topological polar surface area (TPSA) is 21.3 Å². The SMILES string of the molecule is CC(C)CNCc1cc(Cl)ccc1OCc1sccc1Br. The number of hydrogen-bond donors (Lipinski definition) is 1. The van der Waals surface area contributed by atoms with Crippen LogP contribution >= 0.6 is 38.9 Å². The van der Waals surface area contributed by atoms with Crippen LogP contribution in [0, 0.1) is 5.92 Å². The average Bonchev–Trinajstić information content (AvgIpc) is 2.83. The van der Waals surface area contributed by atoms with E-state index in [1.165, 1.54) is 4.88 Å². The van der Waals surface area contributed by atoms with Crippen molar-refractivity contribution >= 4 is 38.9 Å². The first kappa shape index (κ1) is 16.8. The molecule has 0 amide bonds. The van der Waals surface area contributed by atoms with Gasteiger partial charge in [-0.25, -0.2) is 0 Å². The molecule has 0 spiro atoms. The maximum atomic E-state index is 6.09. The van der Waals surface area contributed by atoms with Crippen LogP contribution in [0.4, 0.5) is 0 Å². The number of benzene rings is 1. The third kappa shape index (κ3) is 5.29. The number of rotatable bonds is 7. The lowest BCUT2D eigenvalue weighted by atomic mass is 10.2. The van der Waals surface area contributed by atoms with Gasteiger partial charge in [0.2, 0.25) is 0 Å². The Morgan fingerprint density at radius 3 is 2.81 bits per heavy atom. The van der Waals surface area contributed by atoms with E-state index in [0.29, 0.717) is 12.5 Å². The molecule has 0 radical (unpaired) electrons. The summed E-state index contributed by atoms with van der Waals surface area (Å²) in [5, 5.41) is 6.22. The molecule has 1 aromatic heterocycles. The first-order chi connectivity index (χ1) is 10.1. The molecular weight excluding hydrogens is 370 g/mol. The first-order valence-corrected chi connectivity index (χ1v) is 8.95. The fraction of sp³-hybridized carbons (Fsp3) is 0.375. The zero-order chi connectivity index (χ0) is 15.2. The minimum Gasteiger partial charge on any atom is -0.488 e. The Morgan fingerprint density at radius 1 is 1.33 bits per heavy atom. The van der Waals surface area contributed by atoms with Gasteiger partial charge in [-0.05, 0) is 58.0 Å². The Labute approximate surface area is 143 Å². The van der Waals surface area contributed by atoms with Gasteiger partial charge in [-0.2, -0.15) is 0 Å². The quantitative estimate of drug-likeness (QED) is 0.677. The van der Waals surface area contributed by atoms with Gasteiger partial charge < -0.3 is 10.1 Å². The van der Waals surface area contributed by atoms with Gasteiger partial charge in [0.25, 0.3) is 0 Å². The molecule has 0 aliphatic carbocycles. The van der Waals surface area contributed by atoms with Gasteiger partial charge in [0, 0.05) is 21.6 Å². The zero-order valence-corrected chi connectivity index (χ0v) is 15.3. The number of hydrogen-bond acceptors (Lipinski definition) is 3. The van der Waals surface area contributed by atoms with Crippen molar-refractivity contribution in [1.82, 2.24) is 5.32 Å². The Morgan fingerprint density at radius 2 is 2.14 bits per heavy atom. The van der Waals surface area contributed by atoms with E-state index in [1.54, 1.807) is 11.3 Å². The van der Waals surface area contributed by atoms with Crippen molar-refractivity contribution in [3.8, 4) is 5.75 Å². The van der Waals surface area contributed by atoms with Crippen LogP contribution in [0.5, 0.6) is 5.75 Å². The van der Waals surface area contributed by atoms with E-state index in [1.807, 2.05) is 24.3 Å². The van der Waals surface area contributed by atoms with Crippen LogP contribution in [0.3, 0.4) is 0 Å². The number of ether oxygens (including phenoxy) is 1. The van der Waals surface area contributed by atoms with Gasteiger partial charge >= 0.3 is 0 Å². The van der Waals surface area contributed by atoms with Gasteiger partial charge in [0.15, 0.2) is 0 Å². The molecule has 0 aliphatic heterocycles. The molecule has 0 saturated carbocycles. The van der Waals surface area contributed by atoms with Crippen molar-refractivity contribution in [2.24, 2.45) is 5.92 Å². The second-order valence-corrected chi connectivity index (χ2v) is 7.55. The summed E-state index contributed by atoms with van der Waals surface area (Å²) in [6, 6.07) is 7.81. The van der Waals surface area contributed by atoms with Crippen LogP contribution in [-0.4, -0.2) is 6.54 Å². The summed E-state index contributed by atoms with van der Waals surface area (Å²) in [7, 11) is 0. The fourth-order valence-corrected chi connectivity index (χ4v) is 3.47. The molecule has 0 saturated heterocycles. The predicted octanol–water partition coefficient (Wildman–Crippen LogP) is 5.49. The highest BCUT2D eigenvalue weighted by atomic mass is 79.9. The van der Waals surface area contributed by atoms with Gasteiger partial charge in [0.05, 0.1) is 4.88 Å². The standard InChI is InChI=1S/C16H19BrClNOS/c1-11(2)8-19-9-12-7-13(18)3-4-15(12)20-10-16-14(17)5-6-21-16/h3-7,11,19H,8-10H2,1-2H3. The number of nitrogens with one attached hydrogen (secondary N) is 1. The summed E-state index contributed by atoms with van der Waals surface area (Å²) < 4.78 is 7.05. The summed E-state index contributed by atoms with van der Waals surface area (Å²) >= 11 is 11.3. The molecule has 114 valence electrons. The van der Waals surface area contributed by atoms with Crippen LogP contribution in [0.25, 0.3) is 0 Å². The van der Waals surface area contributed by atoms with Crippen molar-refractivity contribution in [2.45, 2.75) is 27.0 Å². The van der Waals surface area contributed by atoms with Gasteiger partial charge in [-0.3, -0.25) is 0 Å². The molecule has 1 heterocycles. The largest absolute Gasteiger partial charge is 0.488 e. The van der Waals surface area contributed by atoms with E-state index in [-0.39, 0.29) is 0 Å². The molecule has 1 N–H and O–H groups in total. The van der Waals surface area contributed by atoms with E-state index in [2.05, 4.69) is 40.5 Å². The maximum Gasteiger partial charge on any atom is 0.124 e. The van der Waals surface area contributed by atoms with E-state index in [0.717, 1.165) is 33.9 Å². The molecule has 2 rings (SSSR count). The van der Waals surface area contributed by atoms with E-state index < -0.39 is 0 Å². The Kier molecular flexibility index (Phi) is 6.55. The third-order valence-corrected chi connectivity index (χ3v) is 5.08.